The highest BCUT2D eigenvalue weighted by Gasteiger charge is 2.18. The number of carboxylic acids is 1. The minimum Gasteiger partial charge on any atom is -0.497 e. The van der Waals surface area contributed by atoms with Crippen molar-refractivity contribution >= 4 is 33.5 Å². The predicted octanol–water partition coefficient (Wildman–Crippen LogP) is 1.20. The lowest BCUT2D eigenvalue weighted by Gasteiger charge is -2.12. The Morgan fingerprint density at radius 2 is 2.22 bits per heavy atom. The summed E-state index contributed by atoms with van der Waals surface area (Å²) in [6, 6.07) is 3.93. The zero-order valence-corrected chi connectivity index (χ0v) is 11.2. The quantitative estimate of drug-likeness (QED) is 0.757. The molecule has 0 aliphatic rings. The van der Waals surface area contributed by atoms with Gasteiger partial charge in [-0.15, -0.1) is 0 Å². The molecular weight excluding hydrogens is 304 g/mol. The first-order valence-corrected chi connectivity index (χ1v) is 5.85. The van der Waals surface area contributed by atoms with Gasteiger partial charge in [-0.1, -0.05) is 0 Å². The van der Waals surface area contributed by atoms with Crippen molar-refractivity contribution in [3.05, 3.63) is 22.7 Å². The van der Waals surface area contributed by atoms with Gasteiger partial charge in [0, 0.05) is 10.5 Å². The van der Waals surface area contributed by atoms with Crippen molar-refractivity contribution in [2.75, 3.05) is 12.4 Å². The number of carboxylic acid groups (broad SMARTS) is 1. The summed E-state index contributed by atoms with van der Waals surface area (Å²) in [6.45, 7) is 0. The van der Waals surface area contributed by atoms with Crippen LogP contribution in [0.4, 0.5) is 5.69 Å². The lowest BCUT2D eigenvalue weighted by Crippen LogP contribution is -2.37. The molecule has 0 aromatic heterocycles. The number of ether oxygens (including phenoxy) is 1. The summed E-state index contributed by atoms with van der Waals surface area (Å²) in [5.41, 5.74) is 5.92. The molecule has 1 unspecified atom stereocenters. The van der Waals surface area contributed by atoms with Crippen LogP contribution in [0.15, 0.2) is 22.7 Å². The highest BCUT2D eigenvalue weighted by molar-refractivity contribution is 9.10. The van der Waals surface area contributed by atoms with Crippen LogP contribution in [0.3, 0.4) is 0 Å². The van der Waals surface area contributed by atoms with E-state index < -0.39 is 24.3 Å². The number of nitrogens with one attached hydrogen (secondary N) is 1. The highest BCUT2D eigenvalue weighted by Crippen LogP contribution is 2.27. The minimum absolute atomic E-state index is 0.423. The summed E-state index contributed by atoms with van der Waals surface area (Å²) >= 11 is 3.26. The van der Waals surface area contributed by atoms with E-state index in [-0.39, 0.29) is 0 Å². The van der Waals surface area contributed by atoms with Crippen molar-refractivity contribution < 1.29 is 19.4 Å². The summed E-state index contributed by atoms with van der Waals surface area (Å²) in [5, 5.41) is 11.1. The van der Waals surface area contributed by atoms with E-state index in [1.54, 1.807) is 18.2 Å². The van der Waals surface area contributed by atoms with Crippen LogP contribution < -0.4 is 15.8 Å². The first-order valence-electron chi connectivity index (χ1n) is 5.06. The summed E-state index contributed by atoms with van der Waals surface area (Å²) in [6.07, 6.45) is -0.423. The molecule has 1 aromatic rings. The van der Waals surface area contributed by atoms with Crippen LogP contribution in [0, 0.1) is 0 Å². The highest BCUT2D eigenvalue weighted by atomic mass is 79.9. The molecule has 0 saturated carbocycles. The Hall–Kier alpha value is -1.60. The first-order chi connectivity index (χ1) is 8.43. The number of anilines is 1. The van der Waals surface area contributed by atoms with Gasteiger partial charge in [0.05, 0.1) is 25.3 Å². The third-order valence-corrected chi connectivity index (χ3v) is 2.85. The number of hydrogen-bond acceptors (Lipinski definition) is 4. The number of hydrogen-bond donors (Lipinski definition) is 3. The van der Waals surface area contributed by atoms with Crippen LogP contribution >= 0.6 is 15.9 Å². The standard InChI is InChI=1S/C11H13BrN2O4/c1-18-6-2-3-7(12)9(4-6)14-11(17)8(13)5-10(15)16/h2-4,8H,5,13H2,1H3,(H,14,17)(H,15,16). The molecular formula is C11H13BrN2O4. The molecule has 7 heteroatoms. The number of carbonyl (C=O) groups excluding carboxylic acids is 1. The molecule has 0 radical (unpaired) electrons. The average molecular weight is 317 g/mol. The SMILES string of the molecule is COc1ccc(Br)c(NC(=O)C(N)CC(=O)O)c1. The van der Waals surface area contributed by atoms with E-state index in [4.69, 9.17) is 15.6 Å². The molecule has 0 heterocycles. The van der Waals surface area contributed by atoms with Gasteiger partial charge in [-0.3, -0.25) is 9.59 Å². The van der Waals surface area contributed by atoms with E-state index in [0.717, 1.165) is 0 Å². The Morgan fingerprint density at radius 1 is 1.56 bits per heavy atom. The number of nitrogens with two attached hydrogens (primary N) is 1. The fourth-order valence-corrected chi connectivity index (χ4v) is 1.58. The number of aliphatic carboxylic acids is 1. The van der Waals surface area contributed by atoms with E-state index in [1.165, 1.54) is 7.11 Å². The lowest BCUT2D eigenvalue weighted by atomic mass is 10.2. The second-order valence-corrected chi connectivity index (χ2v) is 4.39. The third kappa shape index (κ3) is 4.01. The third-order valence-electron chi connectivity index (χ3n) is 2.16. The van der Waals surface area contributed by atoms with Crippen LogP contribution in [0.25, 0.3) is 0 Å². The van der Waals surface area contributed by atoms with Gasteiger partial charge in [-0.2, -0.15) is 0 Å². The number of benzene rings is 1. The molecule has 1 aromatic carbocycles. The molecule has 4 N–H and O–H groups in total. The van der Waals surface area contributed by atoms with Crippen molar-refractivity contribution in [3.63, 3.8) is 0 Å². The van der Waals surface area contributed by atoms with Crippen molar-refractivity contribution in [2.24, 2.45) is 5.73 Å². The number of halogens is 1. The molecule has 0 aliphatic heterocycles. The monoisotopic (exact) mass is 316 g/mol. The molecule has 1 rings (SSSR count). The first kappa shape index (κ1) is 14.5. The molecule has 1 atom stereocenters. The van der Waals surface area contributed by atoms with Crippen LogP contribution in [-0.4, -0.2) is 30.1 Å². The number of methoxy groups -OCH3 is 1. The second kappa shape index (κ2) is 6.36. The van der Waals surface area contributed by atoms with E-state index in [9.17, 15) is 9.59 Å². The molecule has 1 amide bonds. The van der Waals surface area contributed by atoms with Gasteiger partial charge in [0.2, 0.25) is 5.91 Å². The molecule has 0 spiro atoms. The molecule has 0 bridgehead atoms. The summed E-state index contributed by atoms with van der Waals surface area (Å²) in [4.78, 5) is 22.1. The Morgan fingerprint density at radius 3 is 2.78 bits per heavy atom. The molecule has 0 saturated heterocycles. The van der Waals surface area contributed by atoms with E-state index in [2.05, 4.69) is 21.2 Å². The minimum atomic E-state index is -1.12. The maximum atomic E-state index is 11.6. The molecule has 0 aliphatic carbocycles. The average Bonchev–Trinajstić information content (AvgIpc) is 2.31. The van der Waals surface area contributed by atoms with E-state index in [1.807, 2.05) is 0 Å². The molecule has 6 nitrogen and oxygen atoms in total. The largest absolute Gasteiger partial charge is 0.497 e. The van der Waals surface area contributed by atoms with Crippen LogP contribution in [-0.2, 0) is 9.59 Å². The van der Waals surface area contributed by atoms with E-state index in [0.29, 0.717) is 15.9 Å². The van der Waals surface area contributed by atoms with Crippen molar-refractivity contribution in [3.8, 4) is 5.75 Å². The molecule has 0 fully saturated rings. The maximum Gasteiger partial charge on any atom is 0.305 e. The number of rotatable bonds is 5. The molecule has 18 heavy (non-hydrogen) atoms. The Labute approximate surface area is 112 Å². The van der Waals surface area contributed by atoms with Gasteiger partial charge < -0.3 is 20.9 Å². The smallest absolute Gasteiger partial charge is 0.305 e. The zero-order valence-electron chi connectivity index (χ0n) is 9.64. The zero-order chi connectivity index (χ0) is 13.7. The fourth-order valence-electron chi connectivity index (χ4n) is 1.23. The van der Waals surface area contributed by atoms with Gasteiger partial charge in [0.1, 0.15) is 5.75 Å². The Balaban J connectivity index is 2.77. The second-order valence-electron chi connectivity index (χ2n) is 3.54. The van der Waals surface area contributed by atoms with Gasteiger partial charge in [-0.25, -0.2) is 0 Å². The number of amides is 1. The summed E-state index contributed by atoms with van der Waals surface area (Å²) < 4.78 is 5.67. The predicted molar refractivity (Wildman–Crippen MR) is 69.6 cm³/mol. The van der Waals surface area contributed by atoms with Crippen molar-refractivity contribution in [2.45, 2.75) is 12.5 Å². The normalized spacial score (nSPS) is 11.7. The fraction of sp³-hybridized carbons (Fsp3) is 0.273. The number of carbonyl (C=O) groups is 2. The van der Waals surface area contributed by atoms with Crippen molar-refractivity contribution in [1.82, 2.24) is 0 Å². The Kier molecular flexibility index (Phi) is 5.11. The van der Waals surface area contributed by atoms with Crippen molar-refractivity contribution in [1.29, 1.82) is 0 Å². The van der Waals surface area contributed by atoms with Gasteiger partial charge in [0.25, 0.3) is 0 Å². The molecule has 98 valence electrons. The van der Waals surface area contributed by atoms with E-state index >= 15 is 0 Å². The Bertz CT molecular complexity index is 464. The topological polar surface area (TPSA) is 102 Å². The lowest BCUT2D eigenvalue weighted by molar-refractivity contribution is -0.138. The maximum absolute atomic E-state index is 11.6. The van der Waals surface area contributed by atoms with Gasteiger partial charge in [-0.05, 0) is 28.1 Å². The summed E-state index contributed by atoms with van der Waals surface area (Å²) in [7, 11) is 1.50. The van der Waals surface area contributed by atoms with Crippen LogP contribution in [0.2, 0.25) is 0 Å². The van der Waals surface area contributed by atoms with Crippen LogP contribution in [0.5, 0.6) is 5.75 Å². The summed E-state index contributed by atoms with van der Waals surface area (Å²) in [5.74, 6) is -1.12. The van der Waals surface area contributed by atoms with Crippen LogP contribution in [0.1, 0.15) is 6.42 Å². The van der Waals surface area contributed by atoms with Gasteiger partial charge in [0.15, 0.2) is 0 Å². The van der Waals surface area contributed by atoms with Gasteiger partial charge >= 0.3 is 5.97 Å².